The molecular formula is C20H25N3O3S. The second kappa shape index (κ2) is 7.54. The summed E-state index contributed by atoms with van der Waals surface area (Å²) >= 11 is 1.64. The van der Waals surface area contributed by atoms with E-state index in [1.54, 1.807) is 16.7 Å². The maximum absolute atomic E-state index is 12.9. The molecule has 1 saturated carbocycles. The minimum atomic E-state index is -0.291. The molecule has 1 aromatic carbocycles. The molecule has 2 aliphatic heterocycles. The summed E-state index contributed by atoms with van der Waals surface area (Å²) in [6.07, 6.45) is 4.29. The average molecular weight is 388 g/mol. The first-order valence-electron chi connectivity index (χ1n) is 9.59. The summed E-state index contributed by atoms with van der Waals surface area (Å²) in [5.41, 5.74) is 0.863. The van der Waals surface area contributed by atoms with Crippen LogP contribution < -0.4 is 4.90 Å². The normalized spacial score (nSPS) is 23.1. The van der Waals surface area contributed by atoms with E-state index in [0.717, 1.165) is 23.4 Å². The number of thioether (sulfide) groups is 1. The lowest BCUT2D eigenvalue weighted by atomic mass is 10.1. The molecule has 27 heavy (non-hydrogen) atoms. The van der Waals surface area contributed by atoms with Crippen molar-refractivity contribution in [2.75, 3.05) is 43.9 Å². The zero-order valence-electron chi connectivity index (χ0n) is 15.6. The lowest BCUT2D eigenvalue weighted by Crippen LogP contribution is -2.52. The summed E-state index contributed by atoms with van der Waals surface area (Å²) in [7, 11) is 0. The third-order valence-electron chi connectivity index (χ3n) is 5.67. The van der Waals surface area contributed by atoms with Gasteiger partial charge in [0.2, 0.25) is 17.7 Å². The van der Waals surface area contributed by atoms with E-state index >= 15 is 0 Å². The Morgan fingerprint density at radius 2 is 1.63 bits per heavy atom. The van der Waals surface area contributed by atoms with E-state index in [-0.39, 0.29) is 36.0 Å². The van der Waals surface area contributed by atoms with Gasteiger partial charge in [0.15, 0.2) is 0 Å². The minimum Gasteiger partial charge on any atom is -0.339 e. The summed E-state index contributed by atoms with van der Waals surface area (Å²) in [5, 5.41) is 0. The van der Waals surface area contributed by atoms with Gasteiger partial charge in [0.1, 0.15) is 0 Å². The van der Waals surface area contributed by atoms with Crippen molar-refractivity contribution >= 4 is 35.2 Å². The van der Waals surface area contributed by atoms with Gasteiger partial charge in [0.25, 0.3) is 0 Å². The Morgan fingerprint density at radius 3 is 2.22 bits per heavy atom. The zero-order chi connectivity index (χ0) is 19.0. The molecule has 3 amide bonds. The molecule has 0 bridgehead atoms. The lowest BCUT2D eigenvalue weighted by Gasteiger charge is -2.36. The third-order valence-corrected chi connectivity index (χ3v) is 6.39. The van der Waals surface area contributed by atoms with Crippen LogP contribution in [0.4, 0.5) is 5.69 Å². The number of hydrogen-bond donors (Lipinski definition) is 0. The number of rotatable bonds is 4. The van der Waals surface area contributed by atoms with Crippen LogP contribution in [0.25, 0.3) is 0 Å². The molecule has 2 heterocycles. The van der Waals surface area contributed by atoms with Gasteiger partial charge in [-0.1, -0.05) is 6.07 Å². The van der Waals surface area contributed by atoms with Crippen LogP contribution in [0.15, 0.2) is 29.2 Å². The number of anilines is 1. The first-order valence-corrected chi connectivity index (χ1v) is 10.8. The number of amides is 3. The Balaban J connectivity index is 1.36. The van der Waals surface area contributed by atoms with Crippen molar-refractivity contribution in [3.63, 3.8) is 0 Å². The quantitative estimate of drug-likeness (QED) is 0.740. The van der Waals surface area contributed by atoms with Gasteiger partial charge in [-0.2, -0.15) is 0 Å². The molecule has 3 fully saturated rings. The summed E-state index contributed by atoms with van der Waals surface area (Å²) < 4.78 is 0. The monoisotopic (exact) mass is 387 g/mol. The van der Waals surface area contributed by atoms with Crippen LogP contribution in [0, 0.1) is 11.8 Å². The maximum Gasteiger partial charge on any atom is 0.228 e. The van der Waals surface area contributed by atoms with Gasteiger partial charge in [-0.25, -0.2) is 0 Å². The molecule has 144 valence electrons. The highest BCUT2D eigenvalue weighted by Gasteiger charge is 2.39. The lowest BCUT2D eigenvalue weighted by molar-refractivity contribution is -0.142. The number of carbonyl (C=O) groups is 3. The minimum absolute atomic E-state index is 0.00847. The molecule has 0 unspecified atom stereocenters. The van der Waals surface area contributed by atoms with E-state index in [1.165, 1.54) is 0 Å². The SMILES string of the molecule is CSc1cccc(N2C[C@@H](C(=O)N3CCN(C(=O)C4CC4)CC3)CC2=O)c1. The van der Waals surface area contributed by atoms with Gasteiger partial charge < -0.3 is 14.7 Å². The molecule has 1 atom stereocenters. The van der Waals surface area contributed by atoms with Crippen molar-refractivity contribution in [3.8, 4) is 0 Å². The topological polar surface area (TPSA) is 60.9 Å². The zero-order valence-corrected chi connectivity index (χ0v) is 16.4. The largest absolute Gasteiger partial charge is 0.339 e. The molecule has 1 aliphatic carbocycles. The van der Waals surface area contributed by atoms with E-state index in [2.05, 4.69) is 0 Å². The van der Waals surface area contributed by atoms with Gasteiger partial charge in [-0.05, 0) is 37.3 Å². The average Bonchev–Trinajstić information content (AvgIpc) is 3.49. The molecule has 1 aromatic rings. The van der Waals surface area contributed by atoms with Crippen LogP contribution in [-0.4, -0.2) is 66.5 Å². The molecule has 0 spiro atoms. The number of nitrogens with zero attached hydrogens (tertiary/aromatic N) is 3. The van der Waals surface area contributed by atoms with Crippen molar-refractivity contribution in [1.29, 1.82) is 0 Å². The first kappa shape index (κ1) is 18.3. The molecule has 0 radical (unpaired) electrons. The molecule has 2 saturated heterocycles. The van der Waals surface area contributed by atoms with E-state index in [1.807, 2.05) is 40.3 Å². The van der Waals surface area contributed by atoms with Crippen molar-refractivity contribution in [2.24, 2.45) is 11.8 Å². The third kappa shape index (κ3) is 3.83. The van der Waals surface area contributed by atoms with Crippen molar-refractivity contribution in [2.45, 2.75) is 24.2 Å². The van der Waals surface area contributed by atoms with Crippen molar-refractivity contribution < 1.29 is 14.4 Å². The van der Waals surface area contributed by atoms with Gasteiger partial charge >= 0.3 is 0 Å². The van der Waals surface area contributed by atoms with E-state index in [0.29, 0.717) is 32.7 Å². The number of carbonyl (C=O) groups excluding carboxylic acids is 3. The van der Waals surface area contributed by atoms with Crippen LogP contribution in [0.3, 0.4) is 0 Å². The van der Waals surface area contributed by atoms with Gasteiger partial charge in [-0.3, -0.25) is 14.4 Å². The van der Waals surface area contributed by atoms with Crippen LogP contribution in [-0.2, 0) is 14.4 Å². The highest BCUT2D eigenvalue weighted by atomic mass is 32.2. The highest BCUT2D eigenvalue weighted by molar-refractivity contribution is 7.98. The molecule has 4 rings (SSSR count). The molecule has 6 nitrogen and oxygen atoms in total. The van der Waals surface area contributed by atoms with E-state index in [4.69, 9.17) is 0 Å². The predicted octanol–water partition coefficient (Wildman–Crippen LogP) is 1.84. The summed E-state index contributed by atoms with van der Waals surface area (Å²) in [4.78, 5) is 44.1. The Kier molecular flexibility index (Phi) is 5.12. The Labute approximate surface area is 163 Å². The fourth-order valence-electron chi connectivity index (χ4n) is 3.89. The van der Waals surface area contributed by atoms with Crippen LogP contribution in [0.1, 0.15) is 19.3 Å². The van der Waals surface area contributed by atoms with E-state index < -0.39 is 0 Å². The second-order valence-corrected chi connectivity index (χ2v) is 8.41. The van der Waals surface area contributed by atoms with Crippen LogP contribution >= 0.6 is 11.8 Å². The van der Waals surface area contributed by atoms with Gasteiger partial charge in [0, 0.05) is 55.6 Å². The highest BCUT2D eigenvalue weighted by Crippen LogP contribution is 2.32. The van der Waals surface area contributed by atoms with Crippen molar-refractivity contribution in [3.05, 3.63) is 24.3 Å². The summed E-state index contributed by atoms with van der Waals surface area (Å²) in [6.45, 7) is 2.81. The Hall–Kier alpha value is -2.02. The first-order chi connectivity index (χ1) is 13.1. The van der Waals surface area contributed by atoms with Crippen molar-refractivity contribution in [1.82, 2.24) is 9.80 Å². The van der Waals surface area contributed by atoms with Gasteiger partial charge in [-0.15, -0.1) is 11.8 Å². The fraction of sp³-hybridized carbons (Fsp3) is 0.550. The predicted molar refractivity (Wildman–Crippen MR) is 105 cm³/mol. The van der Waals surface area contributed by atoms with Crippen LogP contribution in [0.2, 0.25) is 0 Å². The molecule has 0 N–H and O–H groups in total. The summed E-state index contributed by atoms with van der Waals surface area (Å²) in [5.74, 6) is 0.240. The maximum atomic E-state index is 12.9. The number of piperazine rings is 1. The molecule has 7 heteroatoms. The summed E-state index contributed by atoms with van der Waals surface area (Å²) in [6, 6.07) is 7.88. The number of hydrogen-bond acceptors (Lipinski definition) is 4. The van der Waals surface area contributed by atoms with Gasteiger partial charge in [0.05, 0.1) is 5.92 Å². The molecule has 3 aliphatic rings. The second-order valence-electron chi connectivity index (χ2n) is 7.53. The smallest absolute Gasteiger partial charge is 0.228 e. The molecule has 0 aromatic heterocycles. The fourth-order valence-corrected chi connectivity index (χ4v) is 4.35. The standard InChI is InChI=1S/C20H25N3O3S/c1-27-17-4-2-3-16(12-17)23-13-15(11-18(23)24)20(26)22-9-7-21(8-10-22)19(25)14-5-6-14/h2-4,12,14-15H,5-11,13H2,1H3/t15-/m0/s1. The van der Waals surface area contributed by atoms with Crippen LogP contribution in [0.5, 0.6) is 0 Å². The number of benzene rings is 1. The molecular weight excluding hydrogens is 362 g/mol. The Morgan fingerprint density at radius 1 is 1.00 bits per heavy atom. The Bertz CT molecular complexity index is 757. The van der Waals surface area contributed by atoms with E-state index in [9.17, 15) is 14.4 Å².